The molecule has 0 N–H and O–H groups in total. The molecule has 2 aliphatic rings. The minimum absolute atomic E-state index is 0.225. The third-order valence-electron chi connectivity index (χ3n) is 5.19. The van der Waals surface area contributed by atoms with Crippen molar-refractivity contribution in [2.75, 3.05) is 26.3 Å². The lowest BCUT2D eigenvalue weighted by Crippen LogP contribution is -2.43. The molecular weight excluding hydrogens is 346 g/mol. The maximum atomic E-state index is 12.6. The molecule has 0 aromatic heterocycles. The molecule has 6 nitrogen and oxygen atoms in total. The summed E-state index contributed by atoms with van der Waals surface area (Å²) in [7, 11) is 0. The molecule has 1 amide bonds. The smallest absolute Gasteiger partial charge is 0.410 e. The zero-order valence-electron chi connectivity index (χ0n) is 16.4. The van der Waals surface area contributed by atoms with Crippen LogP contribution in [0.1, 0.15) is 39.2 Å². The molecule has 1 aromatic rings. The predicted molar refractivity (Wildman–Crippen MR) is 100 cm³/mol. The average Bonchev–Trinajstić information content (AvgIpc) is 2.98. The minimum atomic E-state index is -0.522. The number of benzene rings is 1. The van der Waals surface area contributed by atoms with Gasteiger partial charge >= 0.3 is 12.1 Å². The monoisotopic (exact) mass is 375 g/mol. The number of amides is 1. The Kier molecular flexibility index (Phi) is 5.75. The second-order valence-electron chi connectivity index (χ2n) is 8.58. The van der Waals surface area contributed by atoms with E-state index in [2.05, 4.69) is 0 Å². The van der Waals surface area contributed by atoms with Crippen molar-refractivity contribution in [2.45, 2.75) is 45.8 Å². The van der Waals surface area contributed by atoms with Crippen molar-refractivity contribution >= 4 is 12.1 Å². The highest BCUT2D eigenvalue weighted by Gasteiger charge is 2.51. The largest absolute Gasteiger partial charge is 0.460 e. The number of carbonyl (C=O) groups is 2. The molecule has 2 aliphatic heterocycles. The molecule has 0 bridgehead atoms. The molecule has 0 unspecified atom stereocenters. The molecule has 2 heterocycles. The average molecular weight is 375 g/mol. The van der Waals surface area contributed by atoms with Crippen molar-refractivity contribution in [3.05, 3.63) is 35.9 Å². The molecule has 0 spiro atoms. The summed E-state index contributed by atoms with van der Waals surface area (Å²) in [6.07, 6.45) is 0.764. The van der Waals surface area contributed by atoms with Gasteiger partial charge in [-0.05, 0) is 38.7 Å². The van der Waals surface area contributed by atoms with Crippen molar-refractivity contribution in [1.82, 2.24) is 4.90 Å². The van der Waals surface area contributed by atoms with Gasteiger partial charge in [0.05, 0.1) is 13.0 Å². The first-order chi connectivity index (χ1) is 12.8. The van der Waals surface area contributed by atoms with E-state index in [1.807, 2.05) is 51.1 Å². The fourth-order valence-corrected chi connectivity index (χ4v) is 3.96. The van der Waals surface area contributed by atoms with E-state index in [0.29, 0.717) is 26.3 Å². The van der Waals surface area contributed by atoms with Crippen LogP contribution < -0.4 is 0 Å². The maximum Gasteiger partial charge on any atom is 0.410 e. The van der Waals surface area contributed by atoms with Crippen LogP contribution in [0.3, 0.4) is 0 Å². The molecule has 148 valence electrons. The summed E-state index contributed by atoms with van der Waals surface area (Å²) >= 11 is 0. The van der Waals surface area contributed by atoms with Crippen LogP contribution in [0.4, 0.5) is 4.79 Å². The van der Waals surface area contributed by atoms with Gasteiger partial charge in [0.1, 0.15) is 12.2 Å². The lowest BCUT2D eigenvalue weighted by atomic mass is 9.73. The van der Waals surface area contributed by atoms with Crippen LogP contribution in [0.5, 0.6) is 0 Å². The van der Waals surface area contributed by atoms with Gasteiger partial charge in [-0.2, -0.15) is 0 Å². The molecule has 2 saturated heterocycles. The van der Waals surface area contributed by atoms with Crippen LogP contribution in [0.15, 0.2) is 30.3 Å². The summed E-state index contributed by atoms with van der Waals surface area (Å²) < 4.78 is 16.7. The van der Waals surface area contributed by atoms with Gasteiger partial charge in [0.15, 0.2) is 0 Å². The summed E-state index contributed by atoms with van der Waals surface area (Å²) in [5.74, 6) is -0.0134. The Morgan fingerprint density at radius 2 is 2.00 bits per heavy atom. The molecule has 2 fully saturated rings. The van der Waals surface area contributed by atoms with Crippen molar-refractivity contribution < 1.29 is 23.8 Å². The Balaban J connectivity index is 1.62. The van der Waals surface area contributed by atoms with Crippen molar-refractivity contribution in [2.24, 2.45) is 11.3 Å². The number of nitrogens with zero attached hydrogens (tertiary/aromatic N) is 1. The number of carbonyl (C=O) groups excluding carboxylic acids is 2. The lowest BCUT2D eigenvalue weighted by molar-refractivity contribution is -0.161. The normalized spacial score (nSPS) is 25.0. The van der Waals surface area contributed by atoms with Crippen LogP contribution in [0.25, 0.3) is 0 Å². The molecule has 2 atom stereocenters. The highest BCUT2D eigenvalue weighted by atomic mass is 16.6. The van der Waals surface area contributed by atoms with Gasteiger partial charge in [-0.3, -0.25) is 4.79 Å². The topological polar surface area (TPSA) is 65.1 Å². The number of fused-ring (bicyclic) bond motifs is 1. The number of ether oxygens (including phenoxy) is 3. The zero-order chi connectivity index (χ0) is 19.5. The summed E-state index contributed by atoms with van der Waals surface area (Å²) in [5, 5.41) is 0. The summed E-state index contributed by atoms with van der Waals surface area (Å²) in [6, 6.07) is 9.61. The molecule has 0 radical (unpaired) electrons. The van der Waals surface area contributed by atoms with Gasteiger partial charge in [-0.15, -0.1) is 0 Å². The maximum absolute atomic E-state index is 12.6. The van der Waals surface area contributed by atoms with Crippen LogP contribution in [-0.4, -0.2) is 48.9 Å². The fraction of sp³-hybridized carbons (Fsp3) is 0.619. The molecule has 27 heavy (non-hydrogen) atoms. The number of rotatable bonds is 4. The van der Waals surface area contributed by atoms with Crippen molar-refractivity contribution in [3.63, 3.8) is 0 Å². The van der Waals surface area contributed by atoms with Crippen molar-refractivity contribution in [1.29, 1.82) is 0 Å². The van der Waals surface area contributed by atoms with E-state index in [9.17, 15) is 9.59 Å². The van der Waals surface area contributed by atoms with Crippen molar-refractivity contribution in [3.8, 4) is 0 Å². The Morgan fingerprint density at radius 3 is 2.70 bits per heavy atom. The van der Waals surface area contributed by atoms with E-state index in [-0.39, 0.29) is 36.4 Å². The van der Waals surface area contributed by atoms with E-state index >= 15 is 0 Å². The second-order valence-corrected chi connectivity index (χ2v) is 8.58. The van der Waals surface area contributed by atoms with Gasteiger partial charge < -0.3 is 19.1 Å². The zero-order valence-corrected chi connectivity index (χ0v) is 16.4. The predicted octanol–water partition coefficient (Wildman–Crippen LogP) is 3.39. The number of likely N-dealkylation sites (tertiary alicyclic amines) is 1. The van der Waals surface area contributed by atoms with Gasteiger partial charge in [0.25, 0.3) is 0 Å². The van der Waals surface area contributed by atoms with Crippen LogP contribution in [0, 0.1) is 11.3 Å². The van der Waals surface area contributed by atoms with Gasteiger partial charge in [-0.25, -0.2) is 4.79 Å². The first-order valence-corrected chi connectivity index (χ1v) is 9.53. The van der Waals surface area contributed by atoms with Crippen LogP contribution in [0.2, 0.25) is 0 Å². The van der Waals surface area contributed by atoms with Gasteiger partial charge in [0, 0.05) is 25.1 Å². The fourth-order valence-electron chi connectivity index (χ4n) is 3.96. The number of hydrogen-bond acceptors (Lipinski definition) is 5. The van der Waals surface area contributed by atoms with E-state index in [1.54, 1.807) is 4.90 Å². The molecule has 0 aliphatic carbocycles. The highest BCUT2D eigenvalue weighted by molar-refractivity contribution is 5.72. The summed E-state index contributed by atoms with van der Waals surface area (Å²) in [5.41, 5.74) is 0.0483. The molecular formula is C21H29NO5. The minimum Gasteiger partial charge on any atom is -0.460 e. The third kappa shape index (κ3) is 5.01. The first-order valence-electron chi connectivity index (χ1n) is 9.53. The number of esters is 1. The van der Waals surface area contributed by atoms with Gasteiger partial charge in [-0.1, -0.05) is 30.3 Å². The molecule has 0 saturated carbocycles. The van der Waals surface area contributed by atoms with Gasteiger partial charge in [0.2, 0.25) is 0 Å². The van der Waals surface area contributed by atoms with E-state index < -0.39 is 5.60 Å². The standard InChI is InChI=1S/C21H29NO5/c1-20(2,3)27-18(23)11-21-14-22(12-17(21)9-10-25-15-21)19(24)26-13-16-7-5-4-6-8-16/h4-8,17H,9-15H2,1-3H3/t17-,21-/m1/s1. The molecule has 3 rings (SSSR count). The van der Waals surface area contributed by atoms with E-state index in [1.165, 1.54) is 0 Å². The Bertz CT molecular complexity index is 669. The van der Waals surface area contributed by atoms with Crippen LogP contribution >= 0.6 is 0 Å². The molecule has 6 heteroatoms. The Hall–Kier alpha value is -2.08. The summed E-state index contributed by atoms with van der Waals surface area (Å²) in [4.78, 5) is 26.7. The SMILES string of the molecule is CC(C)(C)OC(=O)C[C@@]12COCC[C@@H]1CN(C(=O)OCc1ccccc1)C2. The second kappa shape index (κ2) is 7.89. The van der Waals surface area contributed by atoms with E-state index in [0.717, 1.165) is 12.0 Å². The third-order valence-corrected chi connectivity index (χ3v) is 5.19. The van der Waals surface area contributed by atoms with Crippen LogP contribution in [-0.2, 0) is 25.6 Å². The van der Waals surface area contributed by atoms with E-state index in [4.69, 9.17) is 14.2 Å². The molecule has 1 aromatic carbocycles. The first kappa shape index (κ1) is 19.7. The Labute approximate surface area is 160 Å². The number of hydrogen-bond donors (Lipinski definition) is 0. The lowest BCUT2D eigenvalue weighted by Gasteiger charge is -2.37. The Morgan fingerprint density at radius 1 is 1.26 bits per heavy atom. The quantitative estimate of drug-likeness (QED) is 0.755. The highest BCUT2D eigenvalue weighted by Crippen LogP contribution is 2.44. The summed E-state index contributed by atoms with van der Waals surface area (Å²) in [6.45, 7) is 8.02.